The van der Waals surface area contributed by atoms with Gasteiger partial charge in [-0.05, 0) is 24.6 Å². The molecule has 2 aromatic carbocycles. The lowest BCUT2D eigenvalue weighted by Crippen LogP contribution is -2.27. The fraction of sp³-hybridized carbons (Fsp3) is 0.200. The molecular weight excluding hydrogens is 332 g/mol. The molecule has 1 amide bonds. The molecule has 1 aliphatic heterocycles. The van der Waals surface area contributed by atoms with E-state index in [2.05, 4.69) is 5.32 Å². The number of benzene rings is 2. The number of fused-ring (bicyclic) bond motifs is 1. The summed E-state index contributed by atoms with van der Waals surface area (Å²) in [5, 5.41) is 12.3. The predicted octanol–water partition coefficient (Wildman–Crippen LogP) is 3.21. The SMILES string of the molecule is COc1cc2c(cc1/C=C(/C#N)C(=O)N[C@@H](C)c1ccccc1)OCO2. The Kier molecular flexibility index (Phi) is 5.09. The topological polar surface area (TPSA) is 80.6 Å². The van der Waals surface area contributed by atoms with E-state index in [1.165, 1.54) is 13.2 Å². The second-order valence-electron chi connectivity index (χ2n) is 5.72. The molecule has 6 nitrogen and oxygen atoms in total. The van der Waals surface area contributed by atoms with Gasteiger partial charge in [-0.1, -0.05) is 30.3 Å². The van der Waals surface area contributed by atoms with E-state index in [1.807, 2.05) is 43.3 Å². The molecule has 0 radical (unpaired) electrons. The molecule has 0 fully saturated rings. The van der Waals surface area contributed by atoms with Crippen molar-refractivity contribution in [3.05, 3.63) is 59.2 Å². The van der Waals surface area contributed by atoms with Gasteiger partial charge in [-0.3, -0.25) is 4.79 Å². The Labute approximate surface area is 151 Å². The average molecular weight is 350 g/mol. The summed E-state index contributed by atoms with van der Waals surface area (Å²) in [5.74, 6) is 1.15. The lowest BCUT2D eigenvalue weighted by atomic mass is 10.1. The molecule has 1 N–H and O–H groups in total. The number of carbonyl (C=O) groups is 1. The van der Waals surface area contributed by atoms with Crippen molar-refractivity contribution in [3.63, 3.8) is 0 Å². The molecule has 1 aliphatic rings. The number of carbonyl (C=O) groups excluding carboxylic acids is 1. The van der Waals surface area contributed by atoms with Crippen molar-refractivity contribution in [2.24, 2.45) is 0 Å². The molecule has 0 saturated carbocycles. The summed E-state index contributed by atoms with van der Waals surface area (Å²) in [4.78, 5) is 12.5. The van der Waals surface area contributed by atoms with E-state index in [4.69, 9.17) is 14.2 Å². The summed E-state index contributed by atoms with van der Waals surface area (Å²) in [5.41, 5.74) is 1.50. The van der Waals surface area contributed by atoms with Crippen molar-refractivity contribution in [3.8, 4) is 23.3 Å². The van der Waals surface area contributed by atoms with E-state index in [-0.39, 0.29) is 18.4 Å². The highest BCUT2D eigenvalue weighted by Gasteiger charge is 2.19. The molecule has 6 heteroatoms. The number of nitrogens with one attached hydrogen (secondary N) is 1. The average Bonchev–Trinajstić information content (AvgIpc) is 3.13. The maximum absolute atomic E-state index is 12.5. The third-order valence-corrected chi connectivity index (χ3v) is 4.04. The van der Waals surface area contributed by atoms with Gasteiger partial charge in [0.05, 0.1) is 13.2 Å². The van der Waals surface area contributed by atoms with E-state index in [0.717, 1.165) is 5.56 Å². The zero-order valence-corrected chi connectivity index (χ0v) is 14.5. The predicted molar refractivity (Wildman–Crippen MR) is 95.7 cm³/mol. The Morgan fingerprint density at radius 3 is 2.62 bits per heavy atom. The maximum Gasteiger partial charge on any atom is 0.262 e. The van der Waals surface area contributed by atoms with Crippen molar-refractivity contribution in [1.82, 2.24) is 5.32 Å². The Morgan fingerprint density at radius 1 is 1.27 bits per heavy atom. The quantitative estimate of drug-likeness (QED) is 0.661. The second-order valence-corrected chi connectivity index (χ2v) is 5.72. The molecule has 0 bridgehead atoms. The number of rotatable bonds is 5. The first-order chi connectivity index (χ1) is 12.6. The number of ether oxygens (including phenoxy) is 3. The monoisotopic (exact) mass is 350 g/mol. The van der Waals surface area contributed by atoms with E-state index >= 15 is 0 Å². The van der Waals surface area contributed by atoms with Crippen LogP contribution in [0.15, 0.2) is 48.0 Å². The van der Waals surface area contributed by atoms with Crippen LogP contribution in [0.25, 0.3) is 6.08 Å². The molecule has 0 aromatic heterocycles. The highest BCUT2D eigenvalue weighted by atomic mass is 16.7. The summed E-state index contributed by atoms with van der Waals surface area (Å²) in [6.07, 6.45) is 1.48. The van der Waals surface area contributed by atoms with Crippen molar-refractivity contribution in [1.29, 1.82) is 5.26 Å². The fourth-order valence-electron chi connectivity index (χ4n) is 2.63. The van der Waals surface area contributed by atoms with Gasteiger partial charge < -0.3 is 19.5 Å². The third kappa shape index (κ3) is 3.62. The van der Waals surface area contributed by atoms with Crippen LogP contribution in [0.4, 0.5) is 0 Å². The Balaban J connectivity index is 1.84. The van der Waals surface area contributed by atoms with Gasteiger partial charge in [-0.2, -0.15) is 5.26 Å². The second kappa shape index (κ2) is 7.62. The Hall–Kier alpha value is -3.46. The van der Waals surface area contributed by atoms with Crippen LogP contribution in [0.3, 0.4) is 0 Å². The van der Waals surface area contributed by atoms with Crippen LogP contribution >= 0.6 is 0 Å². The van der Waals surface area contributed by atoms with Crippen LogP contribution in [-0.4, -0.2) is 19.8 Å². The molecule has 26 heavy (non-hydrogen) atoms. The number of hydrogen-bond donors (Lipinski definition) is 1. The standard InChI is InChI=1S/C20H18N2O4/c1-13(14-6-4-3-5-7-14)22-20(23)16(11-21)8-15-9-18-19(26-12-25-18)10-17(15)24-2/h3-10,13H,12H2,1-2H3,(H,22,23)/b16-8-/t13-/m0/s1. The normalized spacial score (nSPS) is 13.7. The van der Waals surface area contributed by atoms with Crippen molar-refractivity contribution < 1.29 is 19.0 Å². The molecule has 3 rings (SSSR count). The minimum absolute atomic E-state index is 0.0232. The van der Waals surface area contributed by atoms with E-state index in [9.17, 15) is 10.1 Å². The van der Waals surface area contributed by atoms with Gasteiger partial charge in [0.25, 0.3) is 5.91 Å². The van der Waals surface area contributed by atoms with Crippen LogP contribution in [-0.2, 0) is 4.79 Å². The Morgan fingerprint density at radius 2 is 1.96 bits per heavy atom. The highest BCUT2D eigenvalue weighted by Crippen LogP contribution is 2.38. The van der Waals surface area contributed by atoms with Crippen LogP contribution < -0.4 is 19.5 Å². The first-order valence-corrected chi connectivity index (χ1v) is 8.07. The molecule has 0 unspecified atom stereocenters. The van der Waals surface area contributed by atoms with E-state index in [0.29, 0.717) is 22.8 Å². The van der Waals surface area contributed by atoms with Crippen LogP contribution in [0.2, 0.25) is 0 Å². The molecule has 1 atom stereocenters. The zero-order chi connectivity index (χ0) is 18.5. The number of nitriles is 1. The van der Waals surface area contributed by atoms with Crippen molar-refractivity contribution in [2.45, 2.75) is 13.0 Å². The Bertz CT molecular complexity index is 885. The molecule has 0 spiro atoms. The summed E-state index contributed by atoms with van der Waals surface area (Å²) in [6, 6.07) is 14.6. The van der Waals surface area contributed by atoms with Gasteiger partial charge in [0, 0.05) is 11.6 Å². The first-order valence-electron chi connectivity index (χ1n) is 8.07. The molecule has 0 aliphatic carbocycles. The van der Waals surface area contributed by atoms with Gasteiger partial charge in [-0.15, -0.1) is 0 Å². The number of amides is 1. The fourth-order valence-corrected chi connectivity index (χ4v) is 2.63. The van der Waals surface area contributed by atoms with Crippen LogP contribution in [0.5, 0.6) is 17.2 Å². The molecule has 0 saturated heterocycles. The lowest BCUT2D eigenvalue weighted by Gasteiger charge is -2.14. The van der Waals surface area contributed by atoms with Gasteiger partial charge in [0.2, 0.25) is 6.79 Å². The summed E-state index contributed by atoms with van der Waals surface area (Å²) in [7, 11) is 1.51. The van der Waals surface area contributed by atoms with Crippen LogP contribution in [0, 0.1) is 11.3 Å². The lowest BCUT2D eigenvalue weighted by molar-refractivity contribution is -0.117. The molecule has 1 heterocycles. The number of hydrogen-bond acceptors (Lipinski definition) is 5. The van der Waals surface area contributed by atoms with E-state index in [1.54, 1.807) is 12.1 Å². The molecule has 2 aromatic rings. The van der Waals surface area contributed by atoms with E-state index < -0.39 is 5.91 Å². The van der Waals surface area contributed by atoms with Crippen molar-refractivity contribution in [2.75, 3.05) is 13.9 Å². The maximum atomic E-state index is 12.5. The van der Waals surface area contributed by atoms with Gasteiger partial charge in [0.1, 0.15) is 17.4 Å². The van der Waals surface area contributed by atoms with Gasteiger partial charge in [-0.25, -0.2) is 0 Å². The zero-order valence-electron chi connectivity index (χ0n) is 14.5. The number of nitrogens with zero attached hydrogens (tertiary/aromatic N) is 1. The van der Waals surface area contributed by atoms with Crippen LogP contribution in [0.1, 0.15) is 24.1 Å². The minimum atomic E-state index is -0.455. The van der Waals surface area contributed by atoms with Gasteiger partial charge in [0.15, 0.2) is 11.5 Å². The smallest absolute Gasteiger partial charge is 0.262 e. The molecule has 132 valence electrons. The highest BCUT2D eigenvalue weighted by molar-refractivity contribution is 6.02. The first kappa shape index (κ1) is 17.4. The summed E-state index contributed by atoms with van der Waals surface area (Å²) in [6.45, 7) is 2.00. The van der Waals surface area contributed by atoms with Crippen molar-refractivity contribution >= 4 is 12.0 Å². The molecular formula is C20H18N2O4. The summed E-state index contributed by atoms with van der Waals surface area (Å²) >= 11 is 0. The third-order valence-electron chi connectivity index (χ3n) is 4.04. The number of methoxy groups -OCH3 is 1. The minimum Gasteiger partial charge on any atom is -0.496 e. The largest absolute Gasteiger partial charge is 0.496 e. The summed E-state index contributed by atoms with van der Waals surface area (Å²) < 4.78 is 16.0. The van der Waals surface area contributed by atoms with Gasteiger partial charge >= 0.3 is 0 Å².